The van der Waals surface area contributed by atoms with Crippen LogP contribution in [-0.2, 0) is 20.7 Å². The Bertz CT molecular complexity index is 445. The first-order chi connectivity index (χ1) is 8.30. The van der Waals surface area contributed by atoms with Crippen LogP contribution in [0.5, 0.6) is 0 Å². The number of aromatic nitrogens is 1. The molecule has 18 heavy (non-hydrogen) atoms. The van der Waals surface area contributed by atoms with E-state index in [0.717, 1.165) is 11.3 Å². The smallest absolute Gasteiger partial charge is 0.397 e. The number of esters is 1. The predicted molar refractivity (Wildman–Crippen MR) is 57.1 cm³/mol. The molecule has 1 amide bonds. The Morgan fingerprint density at radius 2 is 2.17 bits per heavy atom. The van der Waals surface area contributed by atoms with E-state index in [1.807, 2.05) is 5.32 Å². The minimum Gasteiger partial charge on any atom is -0.469 e. The van der Waals surface area contributed by atoms with Crippen LogP contribution in [0.4, 0.5) is 18.3 Å². The van der Waals surface area contributed by atoms with Crippen LogP contribution in [0, 0.1) is 0 Å². The number of nitrogens with one attached hydrogen (secondary N) is 1. The van der Waals surface area contributed by atoms with Crippen molar-refractivity contribution >= 4 is 28.3 Å². The molecule has 0 aliphatic carbocycles. The molecule has 9 heteroatoms. The van der Waals surface area contributed by atoms with Crippen LogP contribution in [0.1, 0.15) is 12.1 Å². The maximum atomic E-state index is 11.9. The van der Waals surface area contributed by atoms with Gasteiger partial charge in [0.1, 0.15) is 6.42 Å². The van der Waals surface area contributed by atoms with E-state index in [9.17, 15) is 22.8 Å². The molecule has 0 unspecified atom stereocenters. The maximum Gasteiger partial charge on any atom is 0.397 e. The van der Waals surface area contributed by atoms with Crippen LogP contribution in [-0.4, -0.2) is 30.1 Å². The van der Waals surface area contributed by atoms with Gasteiger partial charge in [-0.3, -0.25) is 9.59 Å². The number of rotatable bonds is 4. The molecule has 0 atom stereocenters. The van der Waals surface area contributed by atoms with E-state index in [-0.39, 0.29) is 11.6 Å². The second-order valence-corrected chi connectivity index (χ2v) is 4.10. The lowest BCUT2D eigenvalue weighted by Gasteiger charge is -2.04. The minimum atomic E-state index is -4.56. The molecule has 0 radical (unpaired) electrons. The Hall–Kier alpha value is -1.64. The first kappa shape index (κ1) is 14.4. The highest BCUT2D eigenvalue weighted by atomic mass is 32.1. The Balaban J connectivity index is 2.54. The summed E-state index contributed by atoms with van der Waals surface area (Å²) in [4.78, 5) is 25.7. The van der Waals surface area contributed by atoms with Crippen molar-refractivity contribution in [2.75, 3.05) is 12.4 Å². The van der Waals surface area contributed by atoms with Crippen molar-refractivity contribution in [2.45, 2.75) is 19.0 Å². The molecule has 1 heterocycles. The minimum absolute atomic E-state index is 0.0168. The summed E-state index contributed by atoms with van der Waals surface area (Å²) < 4.78 is 40.1. The average molecular weight is 282 g/mol. The Morgan fingerprint density at radius 3 is 2.72 bits per heavy atom. The van der Waals surface area contributed by atoms with Crippen molar-refractivity contribution in [1.29, 1.82) is 0 Å². The van der Waals surface area contributed by atoms with E-state index in [1.165, 1.54) is 12.5 Å². The lowest BCUT2D eigenvalue weighted by molar-refractivity contribution is -0.150. The van der Waals surface area contributed by atoms with Gasteiger partial charge in [-0.05, 0) is 0 Å². The summed E-state index contributed by atoms with van der Waals surface area (Å²) in [6.07, 6.45) is -6.22. The Morgan fingerprint density at radius 1 is 1.50 bits per heavy atom. The predicted octanol–water partition coefficient (Wildman–Crippen LogP) is 1.75. The highest BCUT2D eigenvalue weighted by Gasteiger charge is 2.31. The van der Waals surface area contributed by atoms with E-state index in [2.05, 4.69) is 9.72 Å². The lowest BCUT2D eigenvalue weighted by Crippen LogP contribution is -2.21. The topological polar surface area (TPSA) is 68.3 Å². The number of ether oxygens (including phenoxy) is 1. The molecule has 0 aliphatic heterocycles. The van der Waals surface area contributed by atoms with E-state index in [0.29, 0.717) is 5.69 Å². The number of hydrogen-bond acceptors (Lipinski definition) is 5. The second-order valence-electron chi connectivity index (χ2n) is 3.24. The SMILES string of the molecule is COC(=O)Cc1csc(NC(=O)CC(F)(F)F)n1. The fourth-order valence-corrected chi connectivity index (χ4v) is 1.74. The van der Waals surface area contributed by atoms with Gasteiger partial charge in [-0.25, -0.2) is 4.98 Å². The van der Waals surface area contributed by atoms with Gasteiger partial charge in [0.15, 0.2) is 5.13 Å². The quantitative estimate of drug-likeness (QED) is 0.854. The molecule has 5 nitrogen and oxygen atoms in total. The molecule has 0 aromatic carbocycles. The van der Waals surface area contributed by atoms with Crippen LogP contribution in [0.2, 0.25) is 0 Å². The van der Waals surface area contributed by atoms with Gasteiger partial charge in [0.2, 0.25) is 5.91 Å². The Labute approximate surface area is 104 Å². The average Bonchev–Trinajstić information content (AvgIpc) is 2.62. The summed E-state index contributed by atoms with van der Waals surface area (Å²) in [7, 11) is 1.21. The third-order valence-corrected chi connectivity index (χ3v) is 2.52. The molecule has 100 valence electrons. The third kappa shape index (κ3) is 5.13. The van der Waals surface area contributed by atoms with Crippen LogP contribution in [0.25, 0.3) is 0 Å². The van der Waals surface area contributed by atoms with Crippen molar-refractivity contribution in [1.82, 2.24) is 4.98 Å². The van der Waals surface area contributed by atoms with Gasteiger partial charge in [0, 0.05) is 5.38 Å². The van der Waals surface area contributed by atoms with Crippen molar-refractivity contribution in [3.05, 3.63) is 11.1 Å². The monoisotopic (exact) mass is 282 g/mol. The summed E-state index contributed by atoms with van der Waals surface area (Å²) in [6.45, 7) is 0. The van der Waals surface area contributed by atoms with Crippen LogP contribution in [0.15, 0.2) is 5.38 Å². The third-order valence-electron chi connectivity index (χ3n) is 1.71. The van der Waals surface area contributed by atoms with E-state index in [4.69, 9.17) is 0 Å². The number of thiazole rings is 1. The molecule has 1 aromatic heterocycles. The standard InChI is InChI=1S/C9H9F3N2O3S/c1-17-7(16)2-5-4-18-8(13-5)14-6(15)3-9(10,11)12/h4H,2-3H2,1H3,(H,13,14,15). The van der Waals surface area contributed by atoms with Gasteiger partial charge in [-0.15, -0.1) is 11.3 Å². The largest absolute Gasteiger partial charge is 0.469 e. The maximum absolute atomic E-state index is 11.9. The summed E-state index contributed by atoms with van der Waals surface area (Å²) in [5.74, 6) is -1.71. The number of methoxy groups -OCH3 is 1. The molecule has 1 rings (SSSR count). The van der Waals surface area contributed by atoms with E-state index in [1.54, 1.807) is 0 Å². The summed E-state index contributed by atoms with van der Waals surface area (Å²) in [5, 5.41) is 3.48. The summed E-state index contributed by atoms with van der Waals surface area (Å²) in [6, 6.07) is 0. The molecule has 1 N–H and O–H groups in total. The van der Waals surface area contributed by atoms with E-state index >= 15 is 0 Å². The fraction of sp³-hybridized carbons (Fsp3) is 0.444. The zero-order valence-corrected chi connectivity index (χ0v) is 10.0. The van der Waals surface area contributed by atoms with Crippen molar-refractivity contribution < 1.29 is 27.5 Å². The number of carbonyl (C=O) groups is 2. The first-order valence-corrected chi connectivity index (χ1v) is 5.56. The van der Waals surface area contributed by atoms with Gasteiger partial charge >= 0.3 is 12.1 Å². The lowest BCUT2D eigenvalue weighted by atomic mass is 10.3. The van der Waals surface area contributed by atoms with Gasteiger partial charge < -0.3 is 10.1 Å². The highest BCUT2D eigenvalue weighted by molar-refractivity contribution is 7.13. The number of halogens is 3. The fourth-order valence-electron chi connectivity index (χ4n) is 1.01. The van der Waals surface area contributed by atoms with Gasteiger partial charge in [0.05, 0.1) is 19.2 Å². The number of anilines is 1. The molecule has 1 aromatic rings. The van der Waals surface area contributed by atoms with Crippen LogP contribution >= 0.6 is 11.3 Å². The van der Waals surface area contributed by atoms with Crippen molar-refractivity contribution in [3.8, 4) is 0 Å². The van der Waals surface area contributed by atoms with Crippen molar-refractivity contribution in [2.24, 2.45) is 0 Å². The number of carbonyl (C=O) groups excluding carboxylic acids is 2. The highest BCUT2D eigenvalue weighted by Crippen LogP contribution is 2.21. The number of hydrogen-bond donors (Lipinski definition) is 1. The van der Waals surface area contributed by atoms with E-state index < -0.39 is 24.5 Å². The van der Waals surface area contributed by atoms with Gasteiger partial charge in [-0.1, -0.05) is 0 Å². The molecule has 0 fully saturated rings. The number of amides is 1. The molecule has 0 spiro atoms. The van der Waals surface area contributed by atoms with Gasteiger partial charge in [0.25, 0.3) is 0 Å². The molecule has 0 bridgehead atoms. The molecule has 0 saturated carbocycles. The second kappa shape index (κ2) is 5.80. The zero-order chi connectivity index (χ0) is 13.8. The molecular weight excluding hydrogens is 273 g/mol. The molecular formula is C9H9F3N2O3S. The van der Waals surface area contributed by atoms with Gasteiger partial charge in [-0.2, -0.15) is 13.2 Å². The van der Waals surface area contributed by atoms with Crippen molar-refractivity contribution in [3.63, 3.8) is 0 Å². The zero-order valence-electron chi connectivity index (χ0n) is 9.21. The number of nitrogens with zero attached hydrogens (tertiary/aromatic N) is 1. The molecule has 0 aliphatic rings. The summed E-state index contributed by atoms with van der Waals surface area (Å²) >= 11 is 0.938. The van der Waals surface area contributed by atoms with Crippen LogP contribution < -0.4 is 5.32 Å². The summed E-state index contributed by atoms with van der Waals surface area (Å²) in [5.41, 5.74) is 0.328. The first-order valence-electron chi connectivity index (χ1n) is 4.68. The van der Waals surface area contributed by atoms with Crippen LogP contribution in [0.3, 0.4) is 0 Å². The molecule has 0 saturated heterocycles. The normalized spacial score (nSPS) is 11.1. The number of alkyl halides is 3. The Kier molecular flexibility index (Phi) is 4.65.